The lowest BCUT2D eigenvalue weighted by molar-refractivity contribution is 0.150. The molecule has 0 radical (unpaired) electrons. The second kappa shape index (κ2) is 5.33. The number of pyridine rings is 1. The molecule has 1 fully saturated rings. The van der Waals surface area contributed by atoms with Gasteiger partial charge in [0.1, 0.15) is 0 Å². The summed E-state index contributed by atoms with van der Waals surface area (Å²) in [6.45, 7) is 5.61. The number of likely N-dealkylation sites (tertiary alicyclic amines) is 1. The van der Waals surface area contributed by atoms with Gasteiger partial charge in [0, 0.05) is 12.7 Å². The lowest BCUT2D eigenvalue weighted by atomic mass is 9.80. The van der Waals surface area contributed by atoms with Crippen LogP contribution >= 0.6 is 15.9 Å². The van der Waals surface area contributed by atoms with Crippen molar-refractivity contribution in [1.82, 2.24) is 19.5 Å². The van der Waals surface area contributed by atoms with Gasteiger partial charge in [-0.05, 0) is 66.5 Å². The van der Waals surface area contributed by atoms with E-state index in [4.69, 9.17) is 0 Å². The minimum atomic E-state index is 0.335. The molecule has 0 saturated carbocycles. The summed E-state index contributed by atoms with van der Waals surface area (Å²) in [6, 6.07) is 3.93. The van der Waals surface area contributed by atoms with Crippen molar-refractivity contribution >= 4 is 27.5 Å². The number of piperidine rings is 1. The van der Waals surface area contributed by atoms with Crippen molar-refractivity contribution in [2.75, 3.05) is 32.0 Å². The van der Waals surface area contributed by atoms with Gasteiger partial charge in [-0.25, -0.2) is 4.52 Å². The summed E-state index contributed by atoms with van der Waals surface area (Å²) in [7, 11) is 2.19. The molecule has 1 aliphatic rings. The van der Waals surface area contributed by atoms with Crippen molar-refractivity contribution in [2.45, 2.75) is 19.8 Å². The number of hydrogen-bond donors (Lipinski definition) is 1. The van der Waals surface area contributed by atoms with E-state index in [-0.39, 0.29) is 0 Å². The highest BCUT2D eigenvalue weighted by Gasteiger charge is 2.28. The quantitative estimate of drug-likeness (QED) is 0.935. The molecule has 0 spiro atoms. The Morgan fingerprint density at radius 2 is 2.15 bits per heavy atom. The summed E-state index contributed by atoms with van der Waals surface area (Å²) in [5.74, 6) is 0.706. The van der Waals surface area contributed by atoms with Crippen LogP contribution in [0.1, 0.15) is 19.8 Å². The fraction of sp³-hybridized carbons (Fsp3) is 0.571. The lowest BCUT2D eigenvalue weighted by Crippen LogP contribution is -2.40. The first-order valence-electron chi connectivity index (χ1n) is 6.99. The van der Waals surface area contributed by atoms with Crippen molar-refractivity contribution in [1.29, 1.82) is 0 Å². The van der Waals surface area contributed by atoms with Crippen LogP contribution in [0.25, 0.3) is 5.65 Å². The van der Waals surface area contributed by atoms with E-state index in [0.29, 0.717) is 11.4 Å². The largest absolute Gasteiger partial charge is 0.352 e. The second-order valence-electron chi connectivity index (χ2n) is 6.03. The molecule has 2 aromatic rings. The zero-order chi connectivity index (χ0) is 14.2. The zero-order valence-corrected chi connectivity index (χ0v) is 13.5. The molecular formula is C14H20BrN5. The number of halogens is 1. The van der Waals surface area contributed by atoms with Gasteiger partial charge < -0.3 is 10.2 Å². The summed E-state index contributed by atoms with van der Waals surface area (Å²) in [5, 5.41) is 7.86. The topological polar surface area (TPSA) is 45.5 Å². The molecule has 5 nitrogen and oxygen atoms in total. The molecule has 1 N–H and O–H groups in total. The molecule has 3 heterocycles. The van der Waals surface area contributed by atoms with Gasteiger partial charge in [0.15, 0.2) is 5.65 Å². The van der Waals surface area contributed by atoms with Crippen molar-refractivity contribution in [2.24, 2.45) is 5.41 Å². The molecule has 0 amide bonds. The third-order valence-electron chi connectivity index (χ3n) is 4.18. The van der Waals surface area contributed by atoms with Crippen molar-refractivity contribution in [3.8, 4) is 0 Å². The Balaban J connectivity index is 1.69. The number of hydrogen-bond acceptors (Lipinski definition) is 4. The monoisotopic (exact) mass is 337 g/mol. The fourth-order valence-corrected chi connectivity index (χ4v) is 3.00. The third-order valence-corrected chi connectivity index (χ3v) is 4.80. The van der Waals surface area contributed by atoms with Gasteiger partial charge in [-0.3, -0.25) is 0 Å². The summed E-state index contributed by atoms with van der Waals surface area (Å²) < 4.78 is 2.76. The predicted octanol–water partition coefficient (Wildman–Crippen LogP) is 2.64. The standard InChI is InChI=1S/C14H20BrN5/c1-14(5-8-19(2)9-6-14)10-16-13-17-12-11(15)4-3-7-20(12)18-13/h3-4,7H,5-6,8-10H2,1-2H3,(H,16,18). The Morgan fingerprint density at radius 1 is 1.40 bits per heavy atom. The van der Waals surface area contributed by atoms with Gasteiger partial charge in [0.05, 0.1) is 4.47 Å². The first-order valence-corrected chi connectivity index (χ1v) is 7.78. The van der Waals surface area contributed by atoms with E-state index in [0.717, 1.165) is 16.7 Å². The summed E-state index contributed by atoms with van der Waals surface area (Å²) >= 11 is 3.50. The van der Waals surface area contributed by atoms with Gasteiger partial charge >= 0.3 is 0 Å². The van der Waals surface area contributed by atoms with E-state index in [9.17, 15) is 0 Å². The van der Waals surface area contributed by atoms with Gasteiger partial charge in [-0.15, -0.1) is 5.10 Å². The number of aromatic nitrogens is 3. The number of fused-ring (bicyclic) bond motifs is 1. The van der Waals surface area contributed by atoms with E-state index in [1.54, 1.807) is 4.52 Å². The van der Waals surface area contributed by atoms with Gasteiger partial charge in [-0.1, -0.05) is 6.92 Å². The molecule has 2 aromatic heterocycles. The van der Waals surface area contributed by atoms with Crippen LogP contribution in [0.15, 0.2) is 22.8 Å². The van der Waals surface area contributed by atoms with Crippen molar-refractivity contribution < 1.29 is 0 Å². The van der Waals surface area contributed by atoms with E-state index in [2.05, 4.69) is 50.2 Å². The normalized spacial score (nSPS) is 19.4. The highest BCUT2D eigenvalue weighted by Crippen LogP contribution is 2.30. The fourth-order valence-electron chi connectivity index (χ4n) is 2.58. The molecule has 108 valence electrons. The number of nitrogens with one attached hydrogen (secondary N) is 1. The van der Waals surface area contributed by atoms with E-state index in [1.807, 2.05) is 18.3 Å². The molecule has 1 aliphatic heterocycles. The van der Waals surface area contributed by atoms with Crippen LogP contribution in [0.5, 0.6) is 0 Å². The lowest BCUT2D eigenvalue weighted by Gasteiger charge is -2.37. The molecule has 1 saturated heterocycles. The van der Waals surface area contributed by atoms with E-state index >= 15 is 0 Å². The third kappa shape index (κ3) is 2.81. The van der Waals surface area contributed by atoms with Gasteiger partial charge in [0.25, 0.3) is 0 Å². The Morgan fingerprint density at radius 3 is 2.85 bits per heavy atom. The molecule has 0 aliphatic carbocycles. The van der Waals surface area contributed by atoms with Crippen LogP contribution in [0.3, 0.4) is 0 Å². The predicted molar refractivity (Wildman–Crippen MR) is 84.0 cm³/mol. The maximum atomic E-state index is 4.53. The summed E-state index contributed by atoms with van der Waals surface area (Å²) in [5.41, 5.74) is 1.19. The van der Waals surface area contributed by atoms with Crippen LogP contribution in [-0.2, 0) is 0 Å². The van der Waals surface area contributed by atoms with Crippen LogP contribution in [0.4, 0.5) is 5.95 Å². The zero-order valence-electron chi connectivity index (χ0n) is 11.9. The number of anilines is 1. The molecule has 20 heavy (non-hydrogen) atoms. The van der Waals surface area contributed by atoms with E-state index < -0.39 is 0 Å². The maximum Gasteiger partial charge on any atom is 0.243 e. The van der Waals surface area contributed by atoms with Gasteiger partial charge in [-0.2, -0.15) is 4.98 Å². The molecule has 0 unspecified atom stereocenters. The van der Waals surface area contributed by atoms with Crippen LogP contribution < -0.4 is 5.32 Å². The van der Waals surface area contributed by atoms with Crippen LogP contribution in [0.2, 0.25) is 0 Å². The van der Waals surface area contributed by atoms with Crippen molar-refractivity contribution in [3.63, 3.8) is 0 Å². The highest BCUT2D eigenvalue weighted by molar-refractivity contribution is 9.10. The van der Waals surface area contributed by atoms with Crippen molar-refractivity contribution in [3.05, 3.63) is 22.8 Å². The van der Waals surface area contributed by atoms with E-state index in [1.165, 1.54) is 25.9 Å². The first-order chi connectivity index (χ1) is 9.56. The van der Waals surface area contributed by atoms with Crippen LogP contribution in [0, 0.1) is 5.41 Å². The average molecular weight is 338 g/mol. The SMILES string of the molecule is CN1CCC(C)(CNc2nc3c(Br)cccn3n2)CC1. The molecule has 0 bridgehead atoms. The van der Waals surface area contributed by atoms with Gasteiger partial charge in [0.2, 0.25) is 5.95 Å². The molecule has 3 rings (SSSR count). The maximum absolute atomic E-state index is 4.53. The molecule has 0 atom stereocenters. The Bertz CT molecular complexity index is 601. The smallest absolute Gasteiger partial charge is 0.243 e. The summed E-state index contributed by atoms with van der Waals surface area (Å²) in [6.07, 6.45) is 4.34. The van der Waals surface area contributed by atoms with Crippen LogP contribution in [-0.4, -0.2) is 46.2 Å². The second-order valence-corrected chi connectivity index (χ2v) is 6.88. The highest BCUT2D eigenvalue weighted by atomic mass is 79.9. The Kier molecular flexibility index (Phi) is 3.69. The molecule has 0 aromatic carbocycles. The molecule has 6 heteroatoms. The first kappa shape index (κ1) is 13.8. The minimum absolute atomic E-state index is 0.335. The Hall–Kier alpha value is -1.14. The number of rotatable bonds is 3. The average Bonchev–Trinajstić information content (AvgIpc) is 2.85. The molecular weight excluding hydrogens is 318 g/mol. The summed E-state index contributed by atoms with van der Waals surface area (Å²) in [4.78, 5) is 6.92. The minimum Gasteiger partial charge on any atom is -0.352 e. The number of nitrogens with zero attached hydrogens (tertiary/aromatic N) is 4. The Labute approximate surface area is 127 Å².